The number of nitrogens with one attached hydrogen (secondary N) is 1. The van der Waals surface area contributed by atoms with Crippen LogP contribution in [-0.2, 0) is 14.3 Å². The number of methoxy groups -OCH3 is 1. The Hall–Kier alpha value is -2.08. The number of ether oxygens (including phenoxy) is 2. The highest BCUT2D eigenvalue weighted by Gasteiger charge is 2.39. The largest absolute Gasteiger partial charge is 0.497 e. The van der Waals surface area contributed by atoms with Crippen molar-refractivity contribution in [2.45, 2.75) is 38.5 Å². The molecule has 1 heterocycles. The summed E-state index contributed by atoms with van der Waals surface area (Å²) in [4.78, 5) is 27.2. The molecule has 142 valence electrons. The van der Waals surface area contributed by atoms with Crippen LogP contribution in [0.5, 0.6) is 5.75 Å². The fourth-order valence-corrected chi connectivity index (χ4v) is 4.01. The first kappa shape index (κ1) is 18.7. The molecule has 2 amide bonds. The van der Waals surface area contributed by atoms with Gasteiger partial charge in [-0.1, -0.05) is 12.8 Å². The maximum atomic E-state index is 12.7. The van der Waals surface area contributed by atoms with E-state index in [0.29, 0.717) is 39.1 Å². The van der Waals surface area contributed by atoms with Crippen molar-refractivity contribution in [3.8, 4) is 5.75 Å². The van der Waals surface area contributed by atoms with Gasteiger partial charge in [0.1, 0.15) is 5.75 Å². The van der Waals surface area contributed by atoms with E-state index in [2.05, 4.69) is 5.32 Å². The zero-order chi connectivity index (χ0) is 18.4. The number of nitrogens with zero attached hydrogens (tertiary/aromatic N) is 1. The van der Waals surface area contributed by atoms with Crippen LogP contribution in [0.15, 0.2) is 24.3 Å². The molecule has 1 aromatic rings. The number of benzene rings is 1. The van der Waals surface area contributed by atoms with Crippen molar-refractivity contribution in [3.05, 3.63) is 24.3 Å². The molecule has 0 aromatic heterocycles. The minimum absolute atomic E-state index is 0.0214. The lowest BCUT2D eigenvalue weighted by Gasteiger charge is -2.33. The lowest BCUT2D eigenvalue weighted by molar-refractivity contribution is -0.138. The van der Waals surface area contributed by atoms with Gasteiger partial charge in [0.2, 0.25) is 11.8 Å². The Labute approximate surface area is 154 Å². The van der Waals surface area contributed by atoms with Crippen LogP contribution in [0.1, 0.15) is 38.5 Å². The summed E-state index contributed by atoms with van der Waals surface area (Å²) in [5.41, 5.74) is 0.551. The highest BCUT2D eigenvalue weighted by atomic mass is 16.5. The summed E-state index contributed by atoms with van der Waals surface area (Å²) in [7, 11) is 1.61. The van der Waals surface area contributed by atoms with Gasteiger partial charge in [-0.3, -0.25) is 9.59 Å². The predicted molar refractivity (Wildman–Crippen MR) is 99.2 cm³/mol. The first-order valence-corrected chi connectivity index (χ1v) is 9.40. The fourth-order valence-electron chi connectivity index (χ4n) is 4.01. The van der Waals surface area contributed by atoms with Gasteiger partial charge < -0.3 is 19.7 Å². The molecule has 2 aliphatic rings. The van der Waals surface area contributed by atoms with Crippen LogP contribution < -0.4 is 10.1 Å². The number of hydrogen-bond acceptors (Lipinski definition) is 4. The molecule has 0 spiro atoms. The quantitative estimate of drug-likeness (QED) is 0.847. The molecule has 0 radical (unpaired) electrons. The Kier molecular flexibility index (Phi) is 6.14. The van der Waals surface area contributed by atoms with E-state index in [1.807, 2.05) is 29.2 Å². The first-order chi connectivity index (χ1) is 12.6. The molecule has 6 nitrogen and oxygen atoms in total. The fraction of sp³-hybridized carbons (Fsp3) is 0.600. The number of morpholine rings is 1. The Morgan fingerprint density at radius 2 is 1.77 bits per heavy atom. The molecule has 2 fully saturated rings. The van der Waals surface area contributed by atoms with E-state index >= 15 is 0 Å². The zero-order valence-corrected chi connectivity index (χ0v) is 15.5. The van der Waals surface area contributed by atoms with Gasteiger partial charge in [-0.2, -0.15) is 0 Å². The number of amides is 2. The van der Waals surface area contributed by atoms with Crippen molar-refractivity contribution >= 4 is 17.5 Å². The summed E-state index contributed by atoms with van der Waals surface area (Å²) in [6.07, 6.45) is 4.93. The van der Waals surface area contributed by atoms with Gasteiger partial charge in [0.25, 0.3) is 0 Å². The van der Waals surface area contributed by atoms with Crippen LogP contribution in [0.3, 0.4) is 0 Å². The number of carbonyl (C=O) groups excluding carboxylic acids is 2. The summed E-state index contributed by atoms with van der Waals surface area (Å²) >= 11 is 0. The molecule has 0 atom stereocenters. The Morgan fingerprint density at radius 1 is 1.12 bits per heavy atom. The summed E-state index contributed by atoms with van der Waals surface area (Å²) < 4.78 is 10.5. The van der Waals surface area contributed by atoms with E-state index in [1.54, 1.807) is 7.11 Å². The maximum absolute atomic E-state index is 12.7. The van der Waals surface area contributed by atoms with Gasteiger partial charge in [0, 0.05) is 31.6 Å². The molecule has 1 aliphatic heterocycles. The van der Waals surface area contributed by atoms with Crippen molar-refractivity contribution < 1.29 is 19.1 Å². The van der Waals surface area contributed by atoms with E-state index in [9.17, 15) is 9.59 Å². The Balaban J connectivity index is 1.59. The second-order valence-electron chi connectivity index (χ2n) is 7.33. The molecule has 1 saturated carbocycles. The van der Waals surface area contributed by atoms with Crippen LogP contribution in [0, 0.1) is 5.41 Å². The third-order valence-corrected chi connectivity index (χ3v) is 5.46. The van der Waals surface area contributed by atoms with Crippen LogP contribution >= 0.6 is 0 Å². The predicted octanol–water partition coefficient (Wildman–Crippen LogP) is 2.83. The summed E-state index contributed by atoms with van der Waals surface area (Å²) in [6, 6.07) is 7.31. The zero-order valence-electron chi connectivity index (χ0n) is 15.5. The number of carbonyl (C=O) groups is 2. The lowest BCUT2D eigenvalue weighted by atomic mass is 9.78. The van der Waals surface area contributed by atoms with Gasteiger partial charge in [-0.05, 0) is 42.5 Å². The van der Waals surface area contributed by atoms with Crippen LogP contribution in [0.25, 0.3) is 0 Å². The molecule has 1 aliphatic carbocycles. The molecule has 26 heavy (non-hydrogen) atoms. The van der Waals surface area contributed by atoms with E-state index in [0.717, 1.165) is 37.1 Å². The smallest absolute Gasteiger partial charge is 0.224 e. The van der Waals surface area contributed by atoms with Crippen molar-refractivity contribution in [2.75, 3.05) is 38.7 Å². The average Bonchev–Trinajstić information content (AvgIpc) is 3.10. The standard InChI is InChI=1S/C20H28N2O4/c1-25-17-6-4-16(5-7-17)21-18(23)14-20(8-2-3-9-20)15-19(24)22-10-12-26-13-11-22/h4-7H,2-3,8-15H2,1H3,(H,21,23). The SMILES string of the molecule is COc1ccc(NC(=O)CC2(CC(=O)N3CCOCC3)CCCC2)cc1. The molecule has 3 rings (SSSR count). The molecule has 6 heteroatoms. The second kappa shape index (κ2) is 8.54. The van der Waals surface area contributed by atoms with Crippen molar-refractivity contribution in [1.82, 2.24) is 4.90 Å². The van der Waals surface area contributed by atoms with E-state index in [1.165, 1.54) is 0 Å². The summed E-state index contributed by atoms with van der Waals surface area (Å²) in [6.45, 7) is 2.54. The molecule has 1 N–H and O–H groups in total. The molecule has 1 aromatic carbocycles. The molecular weight excluding hydrogens is 332 g/mol. The van der Waals surface area contributed by atoms with E-state index in [4.69, 9.17) is 9.47 Å². The second-order valence-corrected chi connectivity index (χ2v) is 7.33. The first-order valence-electron chi connectivity index (χ1n) is 9.40. The van der Waals surface area contributed by atoms with Gasteiger partial charge in [0.15, 0.2) is 0 Å². The van der Waals surface area contributed by atoms with Gasteiger partial charge in [-0.25, -0.2) is 0 Å². The van der Waals surface area contributed by atoms with Crippen LogP contribution in [-0.4, -0.2) is 50.1 Å². The third-order valence-electron chi connectivity index (χ3n) is 5.46. The summed E-state index contributed by atoms with van der Waals surface area (Å²) in [5.74, 6) is 0.894. The maximum Gasteiger partial charge on any atom is 0.224 e. The van der Waals surface area contributed by atoms with E-state index in [-0.39, 0.29) is 17.2 Å². The molecule has 1 saturated heterocycles. The van der Waals surface area contributed by atoms with Crippen LogP contribution in [0.4, 0.5) is 5.69 Å². The minimum Gasteiger partial charge on any atom is -0.497 e. The van der Waals surface area contributed by atoms with Crippen molar-refractivity contribution in [3.63, 3.8) is 0 Å². The number of anilines is 1. The summed E-state index contributed by atoms with van der Waals surface area (Å²) in [5, 5.41) is 2.96. The topological polar surface area (TPSA) is 67.9 Å². The average molecular weight is 360 g/mol. The highest BCUT2D eigenvalue weighted by molar-refractivity contribution is 5.91. The molecule has 0 unspecified atom stereocenters. The third kappa shape index (κ3) is 4.75. The lowest BCUT2D eigenvalue weighted by Crippen LogP contribution is -2.43. The number of hydrogen-bond donors (Lipinski definition) is 1. The van der Waals surface area contributed by atoms with Gasteiger partial charge >= 0.3 is 0 Å². The van der Waals surface area contributed by atoms with Gasteiger partial charge in [0.05, 0.1) is 20.3 Å². The van der Waals surface area contributed by atoms with Crippen molar-refractivity contribution in [1.29, 1.82) is 0 Å². The van der Waals surface area contributed by atoms with Gasteiger partial charge in [-0.15, -0.1) is 0 Å². The van der Waals surface area contributed by atoms with Crippen LogP contribution in [0.2, 0.25) is 0 Å². The molecular formula is C20H28N2O4. The Bertz CT molecular complexity index is 617. The molecule has 0 bridgehead atoms. The Morgan fingerprint density at radius 3 is 2.38 bits per heavy atom. The normalized spacial score (nSPS) is 19.2. The monoisotopic (exact) mass is 360 g/mol. The van der Waals surface area contributed by atoms with E-state index < -0.39 is 0 Å². The minimum atomic E-state index is -0.202. The van der Waals surface area contributed by atoms with Crippen molar-refractivity contribution in [2.24, 2.45) is 5.41 Å². The number of rotatable bonds is 6. The highest BCUT2D eigenvalue weighted by Crippen LogP contribution is 2.44.